The summed E-state index contributed by atoms with van der Waals surface area (Å²) in [7, 11) is -3.60. The number of halogens is 1. The highest BCUT2D eigenvalue weighted by Crippen LogP contribution is 2.24. The van der Waals surface area contributed by atoms with E-state index in [4.69, 9.17) is 11.6 Å². The van der Waals surface area contributed by atoms with Crippen molar-refractivity contribution < 1.29 is 13.2 Å². The van der Waals surface area contributed by atoms with Crippen molar-refractivity contribution in [3.8, 4) is 0 Å². The second-order valence-electron chi connectivity index (χ2n) is 7.94. The first-order valence-corrected chi connectivity index (χ1v) is 12.0. The van der Waals surface area contributed by atoms with Crippen molar-refractivity contribution in [3.05, 3.63) is 71.0 Å². The maximum absolute atomic E-state index is 13.0. The average molecular weight is 458 g/mol. The van der Waals surface area contributed by atoms with E-state index < -0.39 is 10.0 Å². The molecule has 0 radical (unpaired) electrons. The molecule has 0 bridgehead atoms. The number of sulfonamides is 1. The van der Waals surface area contributed by atoms with Crippen LogP contribution in [0.5, 0.6) is 0 Å². The molecule has 1 aliphatic heterocycles. The third-order valence-electron chi connectivity index (χ3n) is 5.62. The molecule has 3 aromatic rings. The Hall–Kier alpha value is -2.48. The Balaban J connectivity index is 1.47. The number of rotatable bonds is 4. The molecule has 1 amide bonds. The number of hydrogen-bond acceptors (Lipinski definition) is 4. The van der Waals surface area contributed by atoms with E-state index >= 15 is 0 Å². The van der Waals surface area contributed by atoms with Gasteiger partial charge in [0.25, 0.3) is 5.91 Å². The van der Waals surface area contributed by atoms with E-state index in [0.717, 1.165) is 16.3 Å². The number of aromatic nitrogens is 1. The van der Waals surface area contributed by atoms with Crippen LogP contribution in [-0.4, -0.2) is 54.7 Å². The first kappa shape index (κ1) is 21.7. The maximum atomic E-state index is 13.0. The van der Waals surface area contributed by atoms with Gasteiger partial charge in [-0.25, -0.2) is 13.4 Å². The fourth-order valence-corrected chi connectivity index (χ4v) is 5.42. The van der Waals surface area contributed by atoms with Crippen LogP contribution in [0.1, 0.15) is 35.8 Å². The van der Waals surface area contributed by atoms with Crippen molar-refractivity contribution in [2.75, 3.05) is 26.2 Å². The van der Waals surface area contributed by atoms with Gasteiger partial charge in [0.2, 0.25) is 10.0 Å². The molecule has 162 valence electrons. The lowest BCUT2D eigenvalue weighted by atomic mass is 10.0. The molecular formula is C23H24ClN3O3S. The summed E-state index contributed by atoms with van der Waals surface area (Å²) >= 11 is 6.26. The summed E-state index contributed by atoms with van der Waals surface area (Å²) in [4.78, 5) is 19.1. The Morgan fingerprint density at radius 2 is 1.65 bits per heavy atom. The second kappa shape index (κ2) is 8.57. The van der Waals surface area contributed by atoms with Gasteiger partial charge in [-0.1, -0.05) is 61.8 Å². The topological polar surface area (TPSA) is 70.6 Å². The predicted octanol–water partition coefficient (Wildman–Crippen LogP) is 4.16. The summed E-state index contributed by atoms with van der Waals surface area (Å²) in [6.45, 7) is 5.21. The molecule has 0 saturated carbocycles. The molecule has 2 aromatic carbocycles. The van der Waals surface area contributed by atoms with E-state index in [-0.39, 0.29) is 34.7 Å². The fourth-order valence-electron chi connectivity index (χ4n) is 3.73. The molecule has 1 aliphatic rings. The summed E-state index contributed by atoms with van der Waals surface area (Å²) in [5, 5.41) is 1.92. The number of hydrogen-bond donors (Lipinski definition) is 0. The molecule has 6 nitrogen and oxygen atoms in total. The quantitative estimate of drug-likeness (QED) is 0.551. The largest absolute Gasteiger partial charge is 0.335 e. The van der Waals surface area contributed by atoms with E-state index in [1.807, 2.05) is 36.4 Å². The molecule has 0 N–H and O–H groups in total. The zero-order valence-corrected chi connectivity index (χ0v) is 19.0. The highest BCUT2D eigenvalue weighted by molar-refractivity contribution is 7.89. The number of benzene rings is 2. The van der Waals surface area contributed by atoms with Crippen LogP contribution in [0.2, 0.25) is 5.15 Å². The molecule has 1 fully saturated rings. The number of pyridine rings is 1. The van der Waals surface area contributed by atoms with E-state index in [1.54, 1.807) is 23.1 Å². The first-order valence-electron chi connectivity index (χ1n) is 10.2. The van der Waals surface area contributed by atoms with Gasteiger partial charge in [-0.3, -0.25) is 4.79 Å². The minimum absolute atomic E-state index is 0.237. The summed E-state index contributed by atoms with van der Waals surface area (Å²) in [5.74, 6) is 0.0921. The van der Waals surface area contributed by atoms with Crippen molar-refractivity contribution >= 4 is 38.3 Å². The van der Waals surface area contributed by atoms with Crippen LogP contribution in [0.25, 0.3) is 10.8 Å². The number of fused-ring (bicyclic) bond motifs is 1. The van der Waals surface area contributed by atoms with E-state index in [9.17, 15) is 13.2 Å². The monoisotopic (exact) mass is 457 g/mol. The van der Waals surface area contributed by atoms with Crippen molar-refractivity contribution in [2.45, 2.75) is 24.7 Å². The minimum Gasteiger partial charge on any atom is -0.335 e. The molecule has 1 saturated heterocycles. The van der Waals surface area contributed by atoms with Crippen molar-refractivity contribution in [1.29, 1.82) is 0 Å². The lowest BCUT2D eigenvalue weighted by Crippen LogP contribution is -2.50. The number of amides is 1. The van der Waals surface area contributed by atoms with Gasteiger partial charge in [-0.2, -0.15) is 4.31 Å². The zero-order chi connectivity index (χ0) is 22.2. The normalized spacial score (nSPS) is 15.5. The van der Waals surface area contributed by atoms with Crippen molar-refractivity contribution in [2.24, 2.45) is 0 Å². The molecule has 0 atom stereocenters. The van der Waals surface area contributed by atoms with Gasteiger partial charge in [0.1, 0.15) is 10.8 Å². The van der Waals surface area contributed by atoms with E-state index in [2.05, 4.69) is 18.8 Å². The molecular weight excluding hydrogens is 434 g/mol. The smallest absolute Gasteiger partial charge is 0.272 e. The second-order valence-corrected chi connectivity index (χ2v) is 10.2. The SMILES string of the molecule is CC(C)c1ccc(S(=O)(=O)N2CCN(C(=O)c3cc4ccccc4c(Cl)n3)CC2)cc1. The molecule has 4 rings (SSSR count). The molecule has 0 aliphatic carbocycles. The summed E-state index contributed by atoms with van der Waals surface area (Å²) < 4.78 is 27.4. The average Bonchev–Trinajstić information content (AvgIpc) is 2.78. The van der Waals surface area contributed by atoms with Crippen LogP contribution in [0.4, 0.5) is 0 Å². The molecule has 31 heavy (non-hydrogen) atoms. The van der Waals surface area contributed by atoms with Gasteiger partial charge in [0.15, 0.2) is 0 Å². The van der Waals surface area contributed by atoms with Gasteiger partial charge in [0.05, 0.1) is 4.90 Å². The van der Waals surface area contributed by atoms with E-state index in [1.165, 1.54) is 4.31 Å². The standard InChI is InChI=1S/C23H24ClN3O3S/c1-16(2)17-7-9-19(10-8-17)31(29,30)27-13-11-26(12-14-27)23(28)21-15-18-5-3-4-6-20(18)22(24)25-21/h3-10,15-16H,11-14H2,1-2H3. The lowest BCUT2D eigenvalue weighted by Gasteiger charge is -2.34. The Kier molecular flexibility index (Phi) is 6.01. The van der Waals surface area contributed by atoms with Crippen LogP contribution >= 0.6 is 11.6 Å². The molecule has 0 unspecified atom stereocenters. The number of piperazine rings is 1. The Labute approximate surface area is 187 Å². The highest BCUT2D eigenvalue weighted by Gasteiger charge is 2.31. The summed E-state index contributed by atoms with van der Waals surface area (Å²) in [5.41, 5.74) is 1.36. The Morgan fingerprint density at radius 3 is 2.29 bits per heavy atom. The molecule has 2 heterocycles. The minimum atomic E-state index is -3.60. The van der Waals surface area contributed by atoms with E-state index in [0.29, 0.717) is 19.0 Å². The van der Waals surface area contributed by atoms with Gasteiger partial charge in [0, 0.05) is 31.6 Å². The van der Waals surface area contributed by atoms with Crippen LogP contribution in [0, 0.1) is 0 Å². The van der Waals surface area contributed by atoms with Crippen LogP contribution in [0.3, 0.4) is 0 Å². The fraction of sp³-hybridized carbons (Fsp3) is 0.304. The van der Waals surface area contributed by atoms with Crippen LogP contribution < -0.4 is 0 Å². The Morgan fingerprint density at radius 1 is 1.00 bits per heavy atom. The Bertz CT molecular complexity index is 1220. The predicted molar refractivity (Wildman–Crippen MR) is 122 cm³/mol. The number of carbonyl (C=O) groups is 1. The van der Waals surface area contributed by atoms with Gasteiger partial charge < -0.3 is 4.90 Å². The van der Waals surface area contributed by atoms with Crippen LogP contribution in [0.15, 0.2) is 59.5 Å². The van der Waals surface area contributed by atoms with Crippen molar-refractivity contribution in [3.63, 3.8) is 0 Å². The number of carbonyl (C=O) groups excluding carboxylic acids is 1. The van der Waals surface area contributed by atoms with Crippen molar-refractivity contribution in [1.82, 2.24) is 14.2 Å². The highest BCUT2D eigenvalue weighted by atomic mass is 35.5. The molecule has 0 spiro atoms. The van der Waals surface area contributed by atoms with Gasteiger partial charge in [-0.05, 0) is 35.1 Å². The summed E-state index contributed by atoms with van der Waals surface area (Å²) in [6, 6.07) is 16.2. The zero-order valence-electron chi connectivity index (χ0n) is 17.5. The number of nitrogens with zero attached hydrogens (tertiary/aromatic N) is 3. The maximum Gasteiger partial charge on any atom is 0.272 e. The lowest BCUT2D eigenvalue weighted by molar-refractivity contribution is 0.0692. The first-order chi connectivity index (χ1) is 14.8. The van der Waals surface area contributed by atoms with Gasteiger partial charge >= 0.3 is 0 Å². The third-order valence-corrected chi connectivity index (χ3v) is 7.82. The van der Waals surface area contributed by atoms with Gasteiger partial charge in [-0.15, -0.1) is 0 Å². The molecule has 8 heteroatoms. The van der Waals surface area contributed by atoms with Crippen LogP contribution in [-0.2, 0) is 10.0 Å². The molecule has 1 aromatic heterocycles. The third kappa shape index (κ3) is 4.31. The summed E-state index contributed by atoms with van der Waals surface area (Å²) in [6.07, 6.45) is 0.